The molecule has 0 aromatic carbocycles. The first-order valence-corrected chi connectivity index (χ1v) is 3.59. The van der Waals surface area contributed by atoms with Crippen LogP contribution in [0.2, 0.25) is 0 Å². The van der Waals surface area contributed by atoms with E-state index in [1.54, 1.807) is 0 Å². The Bertz CT molecular complexity index is 249. The Labute approximate surface area is 73.1 Å². The Balaban J connectivity index is 2.86. The van der Waals surface area contributed by atoms with Crippen molar-refractivity contribution in [1.82, 2.24) is 0 Å². The van der Waals surface area contributed by atoms with Gasteiger partial charge >= 0.3 is 5.97 Å². The molecule has 0 spiro atoms. The SMILES string of the molecule is O=C1OC(C(O)CO)C(CF)=C1O. The minimum atomic E-state index is -1.40. The highest BCUT2D eigenvalue weighted by Gasteiger charge is 2.38. The molecule has 6 heteroatoms. The van der Waals surface area contributed by atoms with Crippen LogP contribution in [0.1, 0.15) is 0 Å². The van der Waals surface area contributed by atoms with Gasteiger partial charge in [-0.05, 0) is 0 Å². The Kier molecular flexibility index (Phi) is 2.84. The summed E-state index contributed by atoms with van der Waals surface area (Å²) in [6.45, 7) is -1.77. The minimum absolute atomic E-state index is 0.327. The number of carbonyl (C=O) groups excluding carboxylic acids is 1. The first-order chi connectivity index (χ1) is 6.11. The summed E-state index contributed by atoms with van der Waals surface area (Å²) in [5, 5.41) is 26.5. The fourth-order valence-corrected chi connectivity index (χ4v) is 1.05. The molecule has 0 fully saturated rings. The van der Waals surface area contributed by atoms with Crippen molar-refractivity contribution < 1.29 is 29.2 Å². The second-order valence-electron chi connectivity index (χ2n) is 2.58. The Morgan fingerprint density at radius 1 is 1.62 bits per heavy atom. The molecule has 1 aliphatic heterocycles. The van der Waals surface area contributed by atoms with Crippen LogP contribution in [-0.2, 0) is 9.53 Å². The normalized spacial score (nSPS) is 24.8. The van der Waals surface area contributed by atoms with Crippen molar-refractivity contribution in [3.8, 4) is 0 Å². The van der Waals surface area contributed by atoms with E-state index >= 15 is 0 Å². The summed E-state index contributed by atoms with van der Waals surface area (Å²) in [4.78, 5) is 10.7. The van der Waals surface area contributed by atoms with E-state index in [2.05, 4.69) is 4.74 Å². The maximum atomic E-state index is 12.2. The van der Waals surface area contributed by atoms with Crippen LogP contribution in [0.4, 0.5) is 4.39 Å². The molecule has 0 bridgehead atoms. The molecule has 0 radical (unpaired) electrons. The quantitative estimate of drug-likeness (QED) is 0.502. The second-order valence-corrected chi connectivity index (χ2v) is 2.58. The number of ether oxygens (including phenoxy) is 1. The third kappa shape index (κ3) is 1.63. The van der Waals surface area contributed by atoms with Crippen molar-refractivity contribution in [1.29, 1.82) is 0 Å². The van der Waals surface area contributed by atoms with Crippen molar-refractivity contribution in [2.45, 2.75) is 12.2 Å². The summed E-state index contributed by atoms with van der Waals surface area (Å²) in [5.74, 6) is -1.90. The van der Waals surface area contributed by atoms with E-state index in [-0.39, 0.29) is 5.57 Å². The van der Waals surface area contributed by atoms with Gasteiger partial charge in [0.25, 0.3) is 0 Å². The zero-order valence-corrected chi connectivity index (χ0v) is 6.61. The molecule has 74 valence electrons. The smallest absolute Gasteiger partial charge is 0.374 e. The summed E-state index contributed by atoms with van der Waals surface area (Å²) < 4.78 is 16.6. The first kappa shape index (κ1) is 9.94. The summed E-state index contributed by atoms with van der Waals surface area (Å²) in [5.41, 5.74) is -0.327. The fourth-order valence-electron chi connectivity index (χ4n) is 1.05. The number of cyclic esters (lactones) is 1. The topological polar surface area (TPSA) is 87.0 Å². The Morgan fingerprint density at radius 3 is 2.69 bits per heavy atom. The molecule has 2 atom stereocenters. The van der Waals surface area contributed by atoms with E-state index in [1.807, 2.05) is 0 Å². The average Bonchev–Trinajstić information content (AvgIpc) is 2.42. The molecular weight excluding hydrogens is 183 g/mol. The molecule has 3 N–H and O–H groups in total. The zero-order valence-electron chi connectivity index (χ0n) is 6.61. The summed E-state index contributed by atoms with van der Waals surface area (Å²) in [6, 6.07) is 0. The van der Waals surface area contributed by atoms with Gasteiger partial charge in [0.15, 0.2) is 6.10 Å². The number of halogens is 1. The van der Waals surface area contributed by atoms with E-state index in [4.69, 9.17) is 15.3 Å². The van der Waals surface area contributed by atoms with Crippen LogP contribution in [-0.4, -0.2) is 46.8 Å². The average molecular weight is 192 g/mol. The van der Waals surface area contributed by atoms with Crippen LogP contribution >= 0.6 is 0 Å². The Morgan fingerprint density at radius 2 is 2.23 bits per heavy atom. The van der Waals surface area contributed by atoms with Crippen molar-refractivity contribution in [2.75, 3.05) is 13.3 Å². The number of rotatable bonds is 3. The predicted octanol–water partition coefficient (Wildman–Crippen LogP) is -0.953. The van der Waals surface area contributed by atoms with Crippen LogP contribution in [0.3, 0.4) is 0 Å². The molecule has 0 saturated heterocycles. The van der Waals surface area contributed by atoms with Gasteiger partial charge in [-0.2, -0.15) is 0 Å². The maximum absolute atomic E-state index is 12.2. The molecule has 0 amide bonds. The number of aliphatic hydroxyl groups is 3. The predicted molar refractivity (Wildman–Crippen MR) is 38.6 cm³/mol. The van der Waals surface area contributed by atoms with Crippen LogP contribution < -0.4 is 0 Å². The lowest BCUT2D eigenvalue weighted by Crippen LogP contribution is -2.32. The largest absolute Gasteiger partial charge is 0.502 e. The maximum Gasteiger partial charge on any atom is 0.374 e. The molecular formula is C7H9FO5. The molecule has 1 heterocycles. The van der Waals surface area contributed by atoms with Crippen molar-refractivity contribution in [3.63, 3.8) is 0 Å². The van der Waals surface area contributed by atoms with Gasteiger partial charge in [-0.15, -0.1) is 0 Å². The monoisotopic (exact) mass is 192 g/mol. The van der Waals surface area contributed by atoms with Gasteiger partial charge in [0.2, 0.25) is 5.76 Å². The molecule has 0 aromatic rings. The minimum Gasteiger partial charge on any atom is -0.502 e. The van der Waals surface area contributed by atoms with Gasteiger partial charge in [0.1, 0.15) is 12.8 Å². The molecule has 5 nitrogen and oxygen atoms in total. The van der Waals surface area contributed by atoms with E-state index in [9.17, 15) is 9.18 Å². The summed E-state index contributed by atoms with van der Waals surface area (Å²) in [7, 11) is 0. The number of hydrogen-bond acceptors (Lipinski definition) is 5. The molecule has 13 heavy (non-hydrogen) atoms. The van der Waals surface area contributed by atoms with Gasteiger partial charge < -0.3 is 20.1 Å². The first-order valence-electron chi connectivity index (χ1n) is 3.59. The lowest BCUT2D eigenvalue weighted by Gasteiger charge is -2.15. The fraction of sp³-hybridized carbons (Fsp3) is 0.571. The van der Waals surface area contributed by atoms with E-state index in [0.717, 1.165) is 0 Å². The zero-order chi connectivity index (χ0) is 10.0. The third-order valence-electron chi connectivity index (χ3n) is 1.76. The van der Waals surface area contributed by atoms with Crippen LogP contribution in [0.15, 0.2) is 11.3 Å². The standard InChI is InChI=1S/C7H9FO5/c8-1-3-5(11)7(12)13-6(3)4(10)2-9/h4,6,9-11H,1-2H2. The van der Waals surface area contributed by atoms with Crippen LogP contribution in [0.5, 0.6) is 0 Å². The van der Waals surface area contributed by atoms with E-state index < -0.39 is 37.2 Å². The van der Waals surface area contributed by atoms with Crippen molar-refractivity contribution in [2.24, 2.45) is 0 Å². The highest BCUT2D eigenvalue weighted by molar-refractivity contribution is 5.89. The van der Waals surface area contributed by atoms with Crippen molar-refractivity contribution in [3.05, 3.63) is 11.3 Å². The highest BCUT2D eigenvalue weighted by Crippen LogP contribution is 2.23. The second kappa shape index (κ2) is 3.71. The molecule has 2 unspecified atom stereocenters. The third-order valence-corrected chi connectivity index (χ3v) is 1.76. The molecule has 0 saturated carbocycles. The number of esters is 1. The van der Waals surface area contributed by atoms with Crippen LogP contribution in [0, 0.1) is 0 Å². The summed E-state index contributed by atoms with van der Waals surface area (Å²) in [6.07, 6.45) is -2.68. The van der Waals surface area contributed by atoms with Gasteiger partial charge in [0.05, 0.1) is 12.2 Å². The lowest BCUT2D eigenvalue weighted by atomic mass is 10.1. The number of alkyl halides is 1. The highest BCUT2D eigenvalue weighted by atomic mass is 19.1. The number of hydrogen-bond donors (Lipinski definition) is 3. The molecule has 1 rings (SSSR count). The van der Waals surface area contributed by atoms with Gasteiger partial charge in [0, 0.05) is 0 Å². The van der Waals surface area contributed by atoms with E-state index in [0.29, 0.717) is 0 Å². The van der Waals surface area contributed by atoms with Crippen LogP contribution in [0.25, 0.3) is 0 Å². The Hall–Kier alpha value is -1.14. The lowest BCUT2D eigenvalue weighted by molar-refractivity contribution is -0.147. The van der Waals surface area contributed by atoms with Gasteiger partial charge in [-0.3, -0.25) is 0 Å². The van der Waals surface area contributed by atoms with Gasteiger partial charge in [-0.25, -0.2) is 9.18 Å². The molecule has 0 aromatic heterocycles. The number of aliphatic hydroxyl groups excluding tert-OH is 3. The molecule has 0 aliphatic carbocycles. The molecule has 1 aliphatic rings. The summed E-state index contributed by atoms with van der Waals surface area (Å²) >= 11 is 0. The number of carbonyl (C=O) groups is 1. The van der Waals surface area contributed by atoms with E-state index in [1.165, 1.54) is 0 Å². The van der Waals surface area contributed by atoms with Gasteiger partial charge in [-0.1, -0.05) is 0 Å². The van der Waals surface area contributed by atoms with Crippen molar-refractivity contribution >= 4 is 5.97 Å².